The van der Waals surface area contributed by atoms with Gasteiger partial charge in [-0.15, -0.1) is 0 Å². The lowest BCUT2D eigenvalue weighted by atomic mass is 9.98. The number of carbonyl (C=O) groups excluding carboxylic acids is 1. The van der Waals surface area contributed by atoms with Crippen LogP contribution in [0.3, 0.4) is 0 Å². The zero-order chi connectivity index (χ0) is 15.0. The minimum absolute atomic E-state index is 0.0624. The van der Waals surface area contributed by atoms with Crippen LogP contribution in [-0.4, -0.2) is 36.0 Å². The second kappa shape index (κ2) is 5.97. The van der Waals surface area contributed by atoms with Gasteiger partial charge in [-0.2, -0.15) is 0 Å². The molecule has 2 aliphatic rings. The minimum atomic E-state index is -0.473. The average molecular weight is 353 g/mol. The first-order chi connectivity index (χ1) is 10.1. The molecule has 1 amide bonds. The lowest BCUT2D eigenvalue weighted by Gasteiger charge is -2.23. The summed E-state index contributed by atoms with van der Waals surface area (Å²) in [5.74, 6) is 1.83. The Bertz CT molecular complexity index is 537. The van der Waals surface area contributed by atoms with Crippen LogP contribution >= 0.6 is 15.9 Å². The Morgan fingerprint density at radius 3 is 2.86 bits per heavy atom. The summed E-state index contributed by atoms with van der Waals surface area (Å²) < 4.78 is 6.66. The number of rotatable bonds is 3. The van der Waals surface area contributed by atoms with Crippen LogP contribution in [0, 0.1) is 11.8 Å². The van der Waals surface area contributed by atoms with Gasteiger partial charge >= 0.3 is 0 Å². The Labute approximate surface area is 133 Å². The van der Waals surface area contributed by atoms with E-state index in [4.69, 9.17) is 10.5 Å². The normalized spacial score (nSPS) is 29.3. The smallest absolute Gasteiger partial charge is 0.263 e. The highest BCUT2D eigenvalue weighted by molar-refractivity contribution is 9.10. The van der Waals surface area contributed by atoms with Crippen molar-refractivity contribution in [2.24, 2.45) is 17.6 Å². The van der Waals surface area contributed by atoms with Gasteiger partial charge in [-0.1, -0.05) is 12.1 Å². The summed E-state index contributed by atoms with van der Waals surface area (Å²) in [5, 5.41) is 0. The van der Waals surface area contributed by atoms with E-state index in [1.807, 2.05) is 36.1 Å². The molecule has 1 aromatic rings. The van der Waals surface area contributed by atoms with Gasteiger partial charge in [0.15, 0.2) is 6.10 Å². The maximum atomic E-state index is 12.5. The van der Waals surface area contributed by atoms with E-state index in [-0.39, 0.29) is 11.9 Å². The molecular formula is C16H21BrN2O2. The van der Waals surface area contributed by atoms with Crippen molar-refractivity contribution in [1.82, 2.24) is 4.90 Å². The number of likely N-dealkylation sites (tertiary alicyclic amines) is 1. The third kappa shape index (κ3) is 2.94. The number of halogens is 1. The fraction of sp³-hybridized carbons (Fsp3) is 0.562. The SMILES string of the molecule is CC(Oc1ccccc1Br)C(=O)N1CC2CCC(N)C2C1. The fourth-order valence-electron chi connectivity index (χ4n) is 3.53. The third-order valence-electron chi connectivity index (χ3n) is 4.71. The number of nitrogens with two attached hydrogens (primary N) is 1. The van der Waals surface area contributed by atoms with Gasteiger partial charge in [0.1, 0.15) is 5.75 Å². The van der Waals surface area contributed by atoms with Crippen LogP contribution in [0.2, 0.25) is 0 Å². The van der Waals surface area contributed by atoms with Crippen LogP contribution in [0.5, 0.6) is 5.75 Å². The fourth-order valence-corrected chi connectivity index (χ4v) is 3.90. The quantitative estimate of drug-likeness (QED) is 0.908. The zero-order valence-corrected chi connectivity index (χ0v) is 13.8. The largest absolute Gasteiger partial charge is 0.480 e. The van der Waals surface area contributed by atoms with E-state index in [0.717, 1.165) is 30.4 Å². The highest BCUT2D eigenvalue weighted by Crippen LogP contribution is 2.37. The molecule has 4 unspecified atom stereocenters. The number of para-hydroxylation sites is 1. The van der Waals surface area contributed by atoms with Crippen molar-refractivity contribution < 1.29 is 9.53 Å². The molecule has 1 heterocycles. The Kier molecular flexibility index (Phi) is 4.22. The van der Waals surface area contributed by atoms with Crippen molar-refractivity contribution in [1.29, 1.82) is 0 Å². The lowest BCUT2D eigenvalue weighted by molar-refractivity contribution is -0.137. The number of hydrogen-bond acceptors (Lipinski definition) is 3. The first-order valence-electron chi connectivity index (χ1n) is 7.52. The van der Waals surface area contributed by atoms with E-state index in [0.29, 0.717) is 17.6 Å². The first-order valence-corrected chi connectivity index (χ1v) is 8.31. The molecule has 21 heavy (non-hydrogen) atoms. The first kappa shape index (κ1) is 14.9. The molecule has 2 fully saturated rings. The highest BCUT2D eigenvalue weighted by Gasteiger charge is 2.43. The van der Waals surface area contributed by atoms with Crippen molar-refractivity contribution in [2.75, 3.05) is 13.1 Å². The monoisotopic (exact) mass is 352 g/mol. The molecule has 114 valence electrons. The summed E-state index contributed by atoms with van der Waals surface area (Å²) in [4.78, 5) is 14.5. The molecule has 5 heteroatoms. The predicted molar refractivity (Wildman–Crippen MR) is 85.0 cm³/mol. The number of benzene rings is 1. The Balaban J connectivity index is 1.62. The van der Waals surface area contributed by atoms with Gasteiger partial charge in [0.25, 0.3) is 5.91 Å². The topological polar surface area (TPSA) is 55.6 Å². The van der Waals surface area contributed by atoms with E-state index in [2.05, 4.69) is 15.9 Å². The average Bonchev–Trinajstić information content (AvgIpc) is 3.03. The third-order valence-corrected chi connectivity index (χ3v) is 5.37. The molecule has 1 aliphatic carbocycles. The number of ether oxygens (including phenoxy) is 1. The van der Waals surface area contributed by atoms with Gasteiger partial charge in [-0.3, -0.25) is 4.79 Å². The molecule has 1 saturated carbocycles. The summed E-state index contributed by atoms with van der Waals surface area (Å²) >= 11 is 3.44. The Morgan fingerprint density at radius 1 is 1.38 bits per heavy atom. The molecule has 2 N–H and O–H groups in total. The van der Waals surface area contributed by atoms with Crippen LogP contribution in [0.1, 0.15) is 19.8 Å². The number of amides is 1. The van der Waals surface area contributed by atoms with E-state index in [9.17, 15) is 4.79 Å². The molecular weight excluding hydrogens is 332 g/mol. The molecule has 4 atom stereocenters. The Morgan fingerprint density at radius 2 is 2.14 bits per heavy atom. The maximum absolute atomic E-state index is 12.5. The van der Waals surface area contributed by atoms with Gasteiger partial charge < -0.3 is 15.4 Å². The molecule has 0 bridgehead atoms. The van der Waals surface area contributed by atoms with Gasteiger partial charge in [0.05, 0.1) is 4.47 Å². The van der Waals surface area contributed by atoms with Crippen LogP contribution in [-0.2, 0) is 4.79 Å². The molecule has 1 aliphatic heterocycles. The lowest BCUT2D eigenvalue weighted by Crippen LogP contribution is -2.40. The van der Waals surface area contributed by atoms with Crippen LogP contribution < -0.4 is 10.5 Å². The van der Waals surface area contributed by atoms with Crippen molar-refractivity contribution in [3.63, 3.8) is 0 Å². The van der Waals surface area contributed by atoms with Gasteiger partial charge in [0, 0.05) is 19.1 Å². The summed E-state index contributed by atoms with van der Waals surface area (Å²) in [6.45, 7) is 3.44. The van der Waals surface area contributed by atoms with Crippen molar-refractivity contribution in [3.8, 4) is 5.75 Å². The summed E-state index contributed by atoms with van der Waals surface area (Å²) in [6, 6.07) is 7.85. The number of carbonyl (C=O) groups is 1. The van der Waals surface area contributed by atoms with E-state index in [1.165, 1.54) is 0 Å². The van der Waals surface area contributed by atoms with E-state index >= 15 is 0 Å². The van der Waals surface area contributed by atoms with Crippen LogP contribution in [0.4, 0.5) is 0 Å². The molecule has 0 radical (unpaired) electrons. The van der Waals surface area contributed by atoms with E-state index < -0.39 is 6.10 Å². The van der Waals surface area contributed by atoms with Crippen molar-refractivity contribution in [2.45, 2.75) is 31.9 Å². The van der Waals surface area contributed by atoms with Crippen LogP contribution in [0.15, 0.2) is 28.7 Å². The number of hydrogen-bond donors (Lipinski definition) is 1. The number of nitrogens with zero attached hydrogens (tertiary/aromatic N) is 1. The Hall–Kier alpha value is -1.07. The molecule has 0 aromatic heterocycles. The second-order valence-electron chi connectivity index (χ2n) is 6.10. The maximum Gasteiger partial charge on any atom is 0.263 e. The van der Waals surface area contributed by atoms with Crippen molar-refractivity contribution >= 4 is 21.8 Å². The van der Waals surface area contributed by atoms with Crippen LogP contribution in [0.25, 0.3) is 0 Å². The van der Waals surface area contributed by atoms with Crippen molar-refractivity contribution in [3.05, 3.63) is 28.7 Å². The molecule has 3 rings (SSSR count). The summed E-state index contributed by atoms with van der Waals surface area (Å²) in [5.41, 5.74) is 6.13. The zero-order valence-electron chi connectivity index (χ0n) is 12.2. The molecule has 1 aromatic carbocycles. The molecule has 4 nitrogen and oxygen atoms in total. The minimum Gasteiger partial charge on any atom is -0.480 e. The standard InChI is InChI=1S/C16H21BrN2O2/c1-10(21-15-5-3-2-4-13(15)17)16(20)19-8-11-6-7-14(18)12(11)9-19/h2-5,10-12,14H,6-9,18H2,1H3. The van der Waals surface area contributed by atoms with Gasteiger partial charge in [-0.05, 0) is 59.7 Å². The van der Waals surface area contributed by atoms with Gasteiger partial charge in [0.2, 0.25) is 0 Å². The predicted octanol–water partition coefficient (Wildman–Crippen LogP) is 2.41. The molecule has 1 saturated heterocycles. The summed E-state index contributed by atoms with van der Waals surface area (Å²) in [6.07, 6.45) is 1.77. The molecule has 0 spiro atoms. The van der Waals surface area contributed by atoms with E-state index in [1.54, 1.807) is 0 Å². The number of fused-ring (bicyclic) bond motifs is 1. The highest BCUT2D eigenvalue weighted by atomic mass is 79.9. The van der Waals surface area contributed by atoms with Gasteiger partial charge in [-0.25, -0.2) is 0 Å². The summed E-state index contributed by atoms with van der Waals surface area (Å²) in [7, 11) is 0. The second-order valence-corrected chi connectivity index (χ2v) is 6.95.